The minimum absolute atomic E-state index is 0.204. The SMILES string of the molecule is COC(C)C(=O)Nc1ccc(Cl)nc1C. The van der Waals surface area contributed by atoms with Gasteiger partial charge in [-0.3, -0.25) is 4.79 Å². The average Bonchev–Trinajstić information content (AvgIpc) is 2.20. The minimum atomic E-state index is -0.486. The fourth-order valence-corrected chi connectivity index (χ4v) is 1.19. The van der Waals surface area contributed by atoms with Crippen molar-refractivity contribution in [1.82, 2.24) is 4.98 Å². The summed E-state index contributed by atoms with van der Waals surface area (Å²) in [7, 11) is 1.48. The molecule has 0 aliphatic heterocycles. The Morgan fingerprint density at radius 2 is 2.27 bits per heavy atom. The number of ether oxygens (including phenoxy) is 1. The normalized spacial score (nSPS) is 12.3. The number of rotatable bonds is 3. The molecule has 4 nitrogen and oxygen atoms in total. The molecule has 0 bridgehead atoms. The van der Waals surface area contributed by atoms with Crippen LogP contribution in [-0.2, 0) is 9.53 Å². The maximum absolute atomic E-state index is 11.5. The summed E-state index contributed by atoms with van der Waals surface area (Å²) in [6.07, 6.45) is -0.486. The van der Waals surface area contributed by atoms with Crippen molar-refractivity contribution in [3.8, 4) is 0 Å². The molecule has 0 aliphatic rings. The summed E-state index contributed by atoms with van der Waals surface area (Å²) in [6, 6.07) is 3.34. The Morgan fingerprint density at radius 1 is 1.60 bits per heavy atom. The Balaban J connectivity index is 2.77. The van der Waals surface area contributed by atoms with Crippen molar-refractivity contribution in [2.45, 2.75) is 20.0 Å². The third-order valence-electron chi connectivity index (χ3n) is 2.03. The summed E-state index contributed by atoms with van der Waals surface area (Å²) in [4.78, 5) is 15.5. The molecule has 82 valence electrons. The number of nitrogens with one attached hydrogen (secondary N) is 1. The molecule has 1 aromatic heterocycles. The topological polar surface area (TPSA) is 51.2 Å². The van der Waals surface area contributed by atoms with Crippen LogP contribution in [0.25, 0.3) is 0 Å². The van der Waals surface area contributed by atoms with Crippen molar-refractivity contribution < 1.29 is 9.53 Å². The molecule has 1 unspecified atom stereocenters. The summed E-state index contributed by atoms with van der Waals surface area (Å²) in [5, 5.41) is 3.11. The van der Waals surface area contributed by atoms with Gasteiger partial charge in [0, 0.05) is 7.11 Å². The quantitative estimate of drug-likeness (QED) is 0.806. The number of carbonyl (C=O) groups is 1. The highest BCUT2D eigenvalue weighted by Gasteiger charge is 2.12. The number of hydrogen-bond acceptors (Lipinski definition) is 3. The zero-order valence-electron chi connectivity index (χ0n) is 8.87. The van der Waals surface area contributed by atoms with Gasteiger partial charge in [0.05, 0.1) is 11.4 Å². The van der Waals surface area contributed by atoms with Gasteiger partial charge in [0.2, 0.25) is 0 Å². The first-order valence-electron chi connectivity index (χ1n) is 4.51. The Hall–Kier alpha value is -1.13. The highest BCUT2D eigenvalue weighted by molar-refractivity contribution is 6.29. The van der Waals surface area contributed by atoms with Crippen molar-refractivity contribution in [3.05, 3.63) is 23.0 Å². The van der Waals surface area contributed by atoms with Gasteiger partial charge in [-0.1, -0.05) is 11.6 Å². The Morgan fingerprint density at radius 3 is 2.80 bits per heavy atom. The summed E-state index contributed by atoms with van der Waals surface area (Å²) in [6.45, 7) is 3.45. The number of aromatic nitrogens is 1. The monoisotopic (exact) mass is 228 g/mol. The number of methoxy groups -OCH3 is 1. The lowest BCUT2D eigenvalue weighted by atomic mass is 10.3. The fraction of sp³-hybridized carbons (Fsp3) is 0.400. The van der Waals surface area contributed by atoms with E-state index in [-0.39, 0.29) is 5.91 Å². The largest absolute Gasteiger partial charge is 0.372 e. The number of nitrogens with zero attached hydrogens (tertiary/aromatic N) is 1. The van der Waals surface area contributed by atoms with Crippen LogP contribution in [0.2, 0.25) is 5.15 Å². The van der Waals surface area contributed by atoms with E-state index in [4.69, 9.17) is 16.3 Å². The lowest BCUT2D eigenvalue weighted by Crippen LogP contribution is -2.26. The molecule has 1 rings (SSSR count). The zero-order chi connectivity index (χ0) is 11.4. The van der Waals surface area contributed by atoms with Crippen molar-refractivity contribution in [2.24, 2.45) is 0 Å². The van der Waals surface area contributed by atoms with Crippen LogP contribution >= 0.6 is 11.6 Å². The van der Waals surface area contributed by atoms with Gasteiger partial charge in [-0.15, -0.1) is 0 Å². The highest BCUT2D eigenvalue weighted by Crippen LogP contribution is 2.15. The molecule has 1 atom stereocenters. The number of anilines is 1. The number of aryl methyl sites for hydroxylation is 1. The second kappa shape index (κ2) is 5.09. The number of amides is 1. The lowest BCUT2D eigenvalue weighted by molar-refractivity contribution is -0.124. The summed E-state index contributed by atoms with van der Waals surface area (Å²) in [5.74, 6) is -0.204. The minimum Gasteiger partial charge on any atom is -0.372 e. The maximum Gasteiger partial charge on any atom is 0.253 e. The fourth-order valence-electron chi connectivity index (χ4n) is 1.00. The second-order valence-corrected chi connectivity index (χ2v) is 3.52. The third-order valence-corrected chi connectivity index (χ3v) is 2.24. The van der Waals surface area contributed by atoms with Crippen molar-refractivity contribution in [2.75, 3.05) is 12.4 Å². The van der Waals surface area contributed by atoms with Gasteiger partial charge >= 0.3 is 0 Å². The molecule has 1 heterocycles. The number of hydrogen-bond donors (Lipinski definition) is 1. The van der Waals surface area contributed by atoms with E-state index in [2.05, 4.69) is 10.3 Å². The Kier molecular flexibility index (Phi) is 4.05. The van der Waals surface area contributed by atoms with Crippen LogP contribution in [0, 0.1) is 6.92 Å². The van der Waals surface area contributed by atoms with Gasteiger partial charge in [0.25, 0.3) is 5.91 Å². The number of pyridine rings is 1. The van der Waals surface area contributed by atoms with Crippen LogP contribution in [-0.4, -0.2) is 24.1 Å². The summed E-state index contributed by atoms with van der Waals surface area (Å²) >= 11 is 5.69. The molecule has 0 spiro atoms. The smallest absolute Gasteiger partial charge is 0.253 e. The molecular formula is C10H13ClN2O2. The molecule has 0 fully saturated rings. The van der Waals surface area contributed by atoms with Gasteiger partial charge in [-0.05, 0) is 26.0 Å². The van der Waals surface area contributed by atoms with Gasteiger partial charge in [-0.2, -0.15) is 0 Å². The third kappa shape index (κ3) is 3.18. The van der Waals surface area contributed by atoms with E-state index < -0.39 is 6.10 Å². The maximum atomic E-state index is 11.5. The van der Waals surface area contributed by atoms with E-state index in [0.29, 0.717) is 16.5 Å². The highest BCUT2D eigenvalue weighted by atomic mass is 35.5. The number of carbonyl (C=O) groups excluding carboxylic acids is 1. The first-order valence-corrected chi connectivity index (χ1v) is 4.89. The molecule has 0 saturated carbocycles. The van der Waals surface area contributed by atoms with Crippen LogP contribution in [0.3, 0.4) is 0 Å². The average molecular weight is 229 g/mol. The zero-order valence-corrected chi connectivity index (χ0v) is 9.63. The van der Waals surface area contributed by atoms with Crippen LogP contribution in [0.4, 0.5) is 5.69 Å². The van der Waals surface area contributed by atoms with Crippen LogP contribution in [0.5, 0.6) is 0 Å². The van der Waals surface area contributed by atoms with Crippen molar-refractivity contribution in [1.29, 1.82) is 0 Å². The Bertz CT molecular complexity index is 368. The van der Waals surface area contributed by atoms with Crippen molar-refractivity contribution in [3.63, 3.8) is 0 Å². The molecule has 0 saturated heterocycles. The van der Waals surface area contributed by atoms with Gasteiger partial charge in [0.15, 0.2) is 0 Å². The molecule has 0 aromatic carbocycles. The van der Waals surface area contributed by atoms with Crippen molar-refractivity contribution >= 4 is 23.2 Å². The predicted molar refractivity (Wildman–Crippen MR) is 59.1 cm³/mol. The van der Waals surface area contributed by atoms with Gasteiger partial charge in [-0.25, -0.2) is 4.98 Å². The second-order valence-electron chi connectivity index (χ2n) is 3.13. The van der Waals surface area contributed by atoms with Gasteiger partial charge in [0.1, 0.15) is 11.3 Å². The molecule has 0 radical (unpaired) electrons. The first-order chi connectivity index (χ1) is 7.04. The van der Waals surface area contributed by atoms with E-state index >= 15 is 0 Å². The standard InChI is InChI=1S/C10H13ClN2O2/c1-6-8(4-5-9(11)12-6)13-10(14)7(2)15-3/h4-5,7H,1-3H3,(H,13,14). The van der Waals surface area contributed by atoms with Crippen LogP contribution in [0.15, 0.2) is 12.1 Å². The first kappa shape index (κ1) is 11.9. The summed E-state index contributed by atoms with van der Waals surface area (Å²) in [5.41, 5.74) is 1.33. The molecule has 5 heteroatoms. The molecule has 15 heavy (non-hydrogen) atoms. The lowest BCUT2D eigenvalue weighted by Gasteiger charge is -2.11. The molecular weight excluding hydrogens is 216 g/mol. The molecule has 0 aliphatic carbocycles. The molecule has 1 aromatic rings. The predicted octanol–water partition coefficient (Wildman–Crippen LogP) is 2.02. The van der Waals surface area contributed by atoms with E-state index in [9.17, 15) is 4.79 Å². The molecule has 1 N–H and O–H groups in total. The summed E-state index contributed by atoms with van der Waals surface area (Å²) < 4.78 is 4.89. The van der Waals surface area contributed by atoms with E-state index in [0.717, 1.165) is 0 Å². The Labute approximate surface area is 93.6 Å². The van der Waals surface area contributed by atoms with E-state index in [1.165, 1.54) is 7.11 Å². The van der Waals surface area contributed by atoms with E-state index in [1.807, 2.05) is 0 Å². The van der Waals surface area contributed by atoms with Gasteiger partial charge < -0.3 is 10.1 Å². The number of halogens is 1. The molecule has 1 amide bonds. The van der Waals surface area contributed by atoms with Crippen LogP contribution < -0.4 is 5.32 Å². The van der Waals surface area contributed by atoms with Crippen LogP contribution in [0.1, 0.15) is 12.6 Å². The van der Waals surface area contributed by atoms with E-state index in [1.54, 1.807) is 26.0 Å².